The summed E-state index contributed by atoms with van der Waals surface area (Å²) in [6, 6.07) is 9.96. The van der Waals surface area contributed by atoms with Gasteiger partial charge in [0, 0.05) is 12.0 Å². The number of ketones is 1. The Morgan fingerprint density at radius 1 is 1.11 bits per heavy atom. The highest BCUT2D eigenvalue weighted by Gasteiger charge is 2.19. The van der Waals surface area contributed by atoms with Gasteiger partial charge < -0.3 is 0 Å². The molecule has 0 N–H and O–H groups in total. The molecule has 0 fully saturated rings. The Kier molecular flexibility index (Phi) is 5.14. The summed E-state index contributed by atoms with van der Waals surface area (Å²) in [6.45, 7) is 2.23. The molecule has 100 valence electrons. The third-order valence-electron chi connectivity index (χ3n) is 3.54. The second-order valence-electron chi connectivity index (χ2n) is 5.15. The average Bonchev–Trinajstić information content (AvgIpc) is 2.81. The largest absolute Gasteiger partial charge is 0.294 e. The van der Waals surface area contributed by atoms with Crippen LogP contribution in [0.5, 0.6) is 0 Å². The molecule has 0 amide bonds. The van der Waals surface area contributed by atoms with Gasteiger partial charge in [0.15, 0.2) is 5.78 Å². The van der Waals surface area contributed by atoms with E-state index in [9.17, 15) is 4.79 Å². The first-order valence-electron chi connectivity index (χ1n) is 7.30. The van der Waals surface area contributed by atoms with Gasteiger partial charge in [-0.2, -0.15) is 0 Å². The minimum Gasteiger partial charge on any atom is -0.294 e. The van der Waals surface area contributed by atoms with Crippen molar-refractivity contribution in [2.75, 3.05) is 0 Å². The van der Waals surface area contributed by atoms with Gasteiger partial charge in [-0.3, -0.25) is 4.79 Å². The first-order valence-corrected chi connectivity index (χ1v) is 7.30. The lowest BCUT2D eigenvalue weighted by atomic mass is 10.1. The topological polar surface area (TPSA) is 17.1 Å². The van der Waals surface area contributed by atoms with Crippen LogP contribution in [0.4, 0.5) is 0 Å². The molecule has 0 saturated heterocycles. The predicted octanol–water partition coefficient (Wildman–Crippen LogP) is 4.94. The van der Waals surface area contributed by atoms with Crippen molar-refractivity contribution in [3.63, 3.8) is 0 Å². The lowest BCUT2D eigenvalue weighted by molar-refractivity contribution is -0.112. The molecule has 1 heteroatoms. The highest BCUT2D eigenvalue weighted by Crippen LogP contribution is 2.28. The number of carbonyl (C=O) groups excluding carboxylic acids is 1. The minimum absolute atomic E-state index is 0.256. The standard InChI is InChI=1S/C18H22O/c1-2-3-4-5-7-10-15-13-17(18(19)14-15)16-11-8-6-9-12-16/h6,8-13H,2-5,7,14H2,1H3/b15-10+. The van der Waals surface area contributed by atoms with E-state index < -0.39 is 0 Å². The smallest absolute Gasteiger partial charge is 0.167 e. The maximum atomic E-state index is 12.0. The normalized spacial score (nSPS) is 17.0. The molecule has 2 rings (SSSR count). The van der Waals surface area contributed by atoms with E-state index in [1.807, 2.05) is 30.3 Å². The molecular formula is C18H22O. The second kappa shape index (κ2) is 7.08. The van der Waals surface area contributed by atoms with Crippen LogP contribution in [-0.2, 0) is 4.79 Å². The zero-order valence-electron chi connectivity index (χ0n) is 11.7. The van der Waals surface area contributed by atoms with Gasteiger partial charge in [0.1, 0.15) is 0 Å². The van der Waals surface area contributed by atoms with Gasteiger partial charge >= 0.3 is 0 Å². The lowest BCUT2D eigenvalue weighted by Crippen LogP contribution is -1.94. The van der Waals surface area contributed by atoms with Crippen LogP contribution in [0.15, 0.2) is 48.1 Å². The van der Waals surface area contributed by atoms with Crippen molar-refractivity contribution in [1.29, 1.82) is 0 Å². The molecule has 0 unspecified atom stereocenters. The molecule has 0 saturated carbocycles. The number of allylic oxidation sites excluding steroid dienone is 4. The van der Waals surface area contributed by atoms with E-state index in [0.717, 1.165) is 17.6 Å². The van der Waals surface area contributed by atoms with Crippen LogP contribution in [0.3, 0.4) is 0 Å². The Hall–Kier alpha value is -1.63. The van der Waals surface area contributed by atoms with Crippen LogP contribution < -0.4 is 0 Å². The van der Waals surface area contributed by atoms with Crippen molar-refractivity contribution in [2.45, 2.75) is 45.4 Å². The first-order chi connectivity index (χ1) is 9.31. The molecule has 0 aromatic heterocycles. The van der Waals surface area contributed by atoms with Crippen LogP contribution >= 0.6 is 0 Å². The summed E-state index contributed by atoms with van der Waals surface area (Å²) in [5, 5.41) is 0. The maximum Gasteiger partial charge on any atom is 0.167 e. The van der Waals surface area contributed by atoms with Crippen molar-refractivity contribution in [2.24, 2.45) is 0 Å². The number of carbonyl (C=O) groups is 1. The molecule has 0 aliphatic heterocycles. The van der Waals surface area contributed by atoms with E-state index in [-0.39, 0.29) is 5.78 Å². The first kappa shape index (κ1) is 13.8. The fraction of sp³-hybridized carbons (Fsp3) is 0.389. The Morgan fingerprint density at radius 2 is 1.89 bits per heavy atom. The third-order valence-corrected chi connectivity index (χ3v) is 3.54. The highest BCUT2D eigenvalue weighted by molar-refractivity contribution is 6.24. The van der Waals surface area contributed by atoms with Crippen LogP contribution in [0, 0.1) is 0 Å². The van der Waals surface area contributed by atoms with E-state index in [0.29, 0.717) is 6.42 Å². The van der Waals surface area contributed by atoms with Crippen molar-refractivity contribution in [1.82, 2.24) is 0 Å². The average molecular weight is 254 g/mol. The summed E-state index contributed by atoms with van der Waals surface area (Å²) in [6.07, 6.45) is 11.1. The van der Waals surface area contributed by atoms with Crippen molar-refractivity contribution < 1.29 is 4.79 Å². The summed E-state index contributed by atoms with van der Waals surface area (Å²) in [5.41, 5.74) is 3.11. The number of Topliss-reactive ketones (excluding diaryl/α,β-unsaturated/α-hetero) is 1. The van der Waals surface area contributed by atoms with E-state index >= 15 is 0 Å². The van der Waals surface area contributed by atoms with Gasteiger partial charge in [0.05, 0.1) is 0 Å². The Balaban J connectivity index is 1.97. The third kappa shape index (κ3) is 3.92. The van der Waals surface area contributed by atoms with Gasteiger partial charge in [-0.05, 0) is 30.1 Å². The molecule has 1 aromatic carbocycles. The summed E-state index contributed by atoms with van der Waals surface area (Å²) in [5.74, 6) is 0.256. The second-order valence-corrected chi connectivity index (χ2v) is 5.15. The number of rotatable bonds is 6. The summed E-state index contributed by atoms with van der Waals surface area (Å²) >= 11 is 0. The van der Waals surface area contributed by atoms with E-state index in [1.165, 1.54) is 31.3 Å². The molecule has 1 nitrogen and oxygen atoms in total. The summed E-state index contributed by atoms with van der Waals surface area (Å²) in [4.78, 5) is 12.0. The van der Waals surface area contributed by atoms with Crippen molar-refractivity contribution in [3.05, 3.63) is 53.6 Å². The van der Waals surface area contributed by atoms with Crippen molar-refractivity contribution in [3.8, 4) is 0 Å². The summed E-state index contributed by atoms with van der Waals surface area (Å²) < 4.78 is 0. The van der Waals surface area contributed by atoms with E-state index in [2.05, 4.69) is 19.1 Å². The lowest BCUT2D eigenvalue weighted by Gasteiger charge is -1.98. The summed E-state index contributed by atoms with van der Waals surface area (Å²) in [7, 11) is 0. The number of unbranched alkanes of at least 4 members (excludes halogenated alkanes) is 4. The molecule has 1 aromatic rings. The Bertz CT molecular complexity index is 480. The van der Waals surface area contributed by atoms with E-state index in [1.54, 1.807) is 0 Å². The molecule has 0 bridgehead atoms. The number of hydrogen-bond donors (Lipinski definition) is 0. The molecule has 19 heavy (non-hydrogen) atoms. The Labute approximate surface area is 116 Å². The minimum atomic E-state index is 0.256. The zero-order chi connectivity index (χ0) is 13.5. The van der Waals surface area contributed by atoms with Crippen molar-refractivity contribution >= 4 is 11.4 Å². The van der Waals surface area contributed by atoms with Gasteiger partial charge in [0.25, 0.3) is 0 Å². The van der Waals surface area contributed by atoms with Gasteiger partial charge in [0.2, 0.25) is 0 Å². The molecule has 1 aliphatic carbocycles. The van der Waals surface area contributed by atoms with E-state index in [4.69, 9.17) is 0 Å². The molecular weight excluding hydrogens is 232 g/mol. The zero-order valence-corrected chi connectivity index (χ0v) is 11.7. The Morgan fingerprint density at radius 3 is 2.63 bits per heavy atom. The van der Waals surface area contributed by atoms with Crippen LogP contribution in [-0.4, -0.2) is 5.78 Å². The quantitative estimate of drug-likeness (QED) is 0.657. The fourth-order valence-corrected chi connectivity index (χ4v) is 2.45. The fourth-order valence-electron chi connectivity index (χ4n) is 2.45. The molecule has 0 atom stereocenters. The number of hydrogen-bond acceptors (Lipinski definition) is 1. The molecule has 0 spiro atoms. The van der Waals surface area contributed by atoms with Crippen LogP contribution in [0.25, 0.3) is 5.57 Å². The molecule has 0 radical (unpaired) electrons. The van der Waals surface area contributed by atoms with Gasteiger partial charge in [-0.25, -0.2) is 0 Å². The maximum absolute atomic E-state index is 12.0. The van der Waals surface area contributed by atoms with Crippen LogP contribution in [0.1, 0.15) is 51.0 Å². The monoisotopic (exact) mass is 254 g/mol. The number of benzene rings is 1. The SMILES string of the molecule is CCCCCC/C=C1\C=C(c2ccccc2)C(=O)C1. The van der Waals surface area contributed by atoms with Crippen LogP contribution in [0.2, 0.25) is 0 Å². The molecule has 0 heterocycles. The predicted molar refractivity (Wildman–Crippen MR) is 80.9 cm³/mol. The van der Waals surface area contributed by atoms with Gasteiger partial charge in [-0.15, -0.1) is 0 Å². The van der Waals surface area contributed by atoms with Gasteiger partial charge in [-0.1, -0.05) is 62.6 Å². The molecule has 1 aliphatic rings. The highest BCUT2D eigenvalue weighted by atomic mass is 16.1.